The van der Waals surface area contributed by atoms with E-state index in [1.165, 1.54) is 0 Å². The number of hydrogen-bond acceptors (Lipinski definition) is 1. The largest absolute Gasteiger partial charge is 0.353 e. The normalized spacial score (nSPS) is 11.1. The van der Waals surface area contributed by atoms with Gasteiger partial charge in [0.2, 0.25) is 6.41 Å². The van der Waals surface area contributed by atoms with Gasteiger partial charge in [-0.05, 0) is 31.9 Å². The van der Waals surface area contributed by atoms with Gasteiger partial charge in [0.15, 0.2) is 0 Å². The molecular formula is C11H14ClNO. The number of halogens is 1. The number of hydrogen-bond donors (Lipinski definition) is 1. The fourth-order valence-electron chi connectivity index (χ4n) is 1.33. The Morgan fingerprint density at radius 2 is 2.07 bits per heavy atom. The summed E-state index contributed by atoms with van der Waals surface area (Å²) in [4.78, 5) is 10.4. The Bertz CT molecular complexity index is 323. The van der Waals surface area contributed by atoms with Gasteiger partial charge in [0.05, 0.1) is 0 Å². The van der Waals surface area contributed by atoms with Crippen molar-refractivity contribution in [2.75, 3.05) is 0 Å². The van der Waals surface area contributed by atoms with E-state index in [1.54, 1.807) is 0 Å². The summed E-state index contributed by atoms with van der Waals surface area (Å²) in [5, 5.41) is 3.50. The summed E-state index contributed by atoms with van der Waals surface area (Å²) in [7, 11) is 0. The third-order valence-electron chi connectivity index (χ3n) is 2.04. The topological polar surface area (TPSA) is 29.1 Å². The monoisotopic (exact) mass is 211 g/mol. The van der Waals surface area contributed by atoms with Crippen LogP contribution in [-0.4, -0.2) is 11.9 Å². The van der Waals surface area contributed by atoms with Gasteiger partial charge in [-0.25, -0.2) is 0 Å². The van der Waals surface area contributed by atoms with Crippen LogP contribution in [0.2, 0.25) is 5.02 Å². The van der Waals surface area contributed by atoms with Gasteiger partial charge in [0.25, 0.3) is 0 Å². The molecule has 1 aromatic rings. The molecule has 2 nitrogen and oxygen atoms in total. The van der Waals surface area contributed by atoms with Crippen LogP contribution in [0.3, 0.4) is 0 Å². The lowest BCUT2D eigenvalue weighted by molar-refractivity contribution is -0.110. The molecule has 0 aliphatic heterocycles. The van der Waals surface area contributed by atoms with E-state index in [0.29, 0.717) is 0 Å². The van der Waals surface area contributed by atoms with E-state index in [2.05, 4.69) is 5.32 Å². The van der Waals surface area contributed by atoms with Crippen molar-refractivity contribution in [1.82, 2.24) is 5.32 Å². The Morgan fingerprint density at radius 1 is 1.43 bits per heavy atom. The van der Waals surface area contributed by atoms with Gasteiger partial charge in [-0.3, -0.25) is 4.79 Å². The summed E-state index contributed by atoms with van der Waals surface area (Å²) >= 11 is 6.01. The van der Waals surface area contributed by atoms with Gasteiger partial charge in [-0.15, -0.1) is 0 Å². The minimum Gasteiger partial charge on any atom is -0.353 e. The summed E-state index contributed by atoms with van der Waals surface area (Å²) in [5.41, 5.74) is 0.792. The van der Waals surface area contributed by atoms with Gasteiger partial charge in [-0.1, -0.05) is 29.8 Å². The smallest absolute Gasteiger partial charge is 0.207 e. The molecule has 1 rings (SSSR count). The third-order valence-corrected chi connectivity index (χ3v) is 2.41. The molecule has 3 heteroatoms. The molecule has 0 unspecified atom stereocenters. The first-order valence-corrected chi connectivity index (χ1v) is 4.88. The molecular weight excluding hydrogens is 198 g/mol. The maximum absolute atomic E-state index is 10.4. The van der Waals surface area contributed by atoms with Crippen LogP contribution in [0.1, 0.15) is 19.4 Å². The highest BCUT2D eigenvalue weighted by Crippen LogP contribution is 2.20. The second-order valence-electron chi connectivity index (χ2n) is 3.91. The first-order chi connectivity index (χ1) is 6.55. The van der Waals surface area contributed by atoms with Crippen molar-refractivity contribution >= 4 is 18.0 Å². The van der Waals surface area contributed by atoms with Gasteiger partial charge in [0.1, 0.15) is 0 Å². The SMILES string of the molecule is CC(C)(Cc1ccccc1Cl)NC=O. The highest BCUT2D eigenvalue weighted by molar-refractivity contribution is 6.31. The van der Waals surface area contributed by atoms with E-state index in [-0.39, 0.29) is 5.54 Å². The maximum atomic E-state index is 10.4. The molecule has 76 valence electrons. The molecule has 0 atom stereocenters. The molecule has 1 N–H and O–H groups in total. The zero-order valence-electron chi connectivity index (χ0n) is 8.38. The summed E-state index contributed by atoms with van der Waals surface area (Å²) in [6.07, 6.45) is 1.45. The molecule has 0 aliphatic carbocycles. The minimum atomic E-state index is -0.257. The van der Waals surface area contributed by atoms with Crippen LogP contribution in [0.5, 0.6) is 0 Å². The van der Waals surface area contributed by atoms with E-state index in [9.17, 15) is 4.79 Å². The van der Waals surface area contributed by atoms with Crippen LogP contribution in [0.25, 0.3) is 0 Å². The molecule has 0 saturated heterocycles. The lowest BCUT2D eigenvalue weighted by atomic mass is 9.95. The number of amides is 1. The third kappa shape index (κ3) is 3.04. The molecule has 0 heterocycles. The van der Waals surface area contributed by atoms with Crippen molar-refractivity contribution < 1.29 is 4.79 Å². The van der Waals surface area contributed by atoms with Gasteiger partial charge in [-0.2, -0.15) is 0 Å². The molecule has 14 heavy (non-hydrogen) atoms. The van der Waals surface area contributed by atoms with Crippen molar-refractivity contribution in [3.05, 3.63) is 34.9 Å². The maximum Gasteiger partial charge on any atom is 0.207 e. The Kier molecular flexibility index (Phi) is 3.53. The number of carbonyl (C=O) groups excluding carboxylic acids is 1. The molecule has 1 amide bonds. The molecule has 0 saturated carbocycles. The lowest BCUT2D eigenvalue weighted by Crippen LogP contribution is -2.40. The van der Waals surface area contributed by atoms with E-state index in [1.807, 2.05) is 38.1 Å². The quantitative estimate of drug-likeness (QED) is 0.762. The Balaban J connectivity index is 2.78. The number of rotatable bonds is 4. The van der Waals surface area contributed by atoms with E-state index in [0.717, 1.165) is 23.4 Å². The zero-order valence-corrected chi connectivity index (χ0v) is 9.14. The zero-order chi connectivity index (χ0) is 10.6. The van der Waals surface area contributed by atoms with Crippen molar-refractivity contribution in [1.29, 1.82) is 0 Å². The second-order valence-corrected chi connectivity index (χ2v) is 4.32. The average molecular weight is 212 g/mol. The van der Waals surface area contributed by atoms with Gasteiger partial charge in [0, 0.05) is 10.6 Å². The van der Waals surface area contributed by atoms with Crippen molar-refractivity contribution in [2.45, 2.75) is 25.8 Å². The predicted molar refractivity (Wildman–Crippen MR) is 58.4 cm³/mol. The molecule has 0 aliphatic rings. The highest BCUT2D eigenvalue weighted by atomic mass is 35.5. The number of carbonyl (C=O) groups is 1. The molecule has 0 bridgehead atoms. The minimum absolute atomic E-state index is 0.257. The highest BCUT2D eigenvalue weighted by Gasteiger charge is 2.17. The molecule has 0 radical (unpaired) electrons. The van der Waals surface area contributed by atoms with Gasteiger partial charge >= 0.3 is 0 Å². The van der Waals surface area contributed by atoms with Crippen molar-refractivity contribution in [3.8, 4) is 0 Å². The fourth-order valence-corrected chi connectivity index (χ4v) is 1.53. The fraction of sp³-hybridized carbons (Fsp3) is 0.364. The lowest BCUT2D eigenvalue weighted by Gasteiger charge is -2.24. The second kappa shape index (κ2) is 4.47. The number of nitrogens with one attached hydrogen (secondary N) is 1. The van der Waals surface area contributed by atoms with Crippen LogP contribution in [0.4, 0.5) is 0 Å². The summed E-state index contributed by atoms with van der Waals surface area (Å²) < 4.78 is 0. The van der Waals surface area contributed by atoms with E-state index >= 15 is 0 Å². The van der Waals surface area contributed by atoms with Crippen LogP contribution < -0.4 is 5.32 Å². The Morgan fingerprint density at radius 3 is 2.64 bits per heavy atom. The summed E-state index contributed by atoms with van der Waals surface area (Å²) in [6.45, 7) is 3.93. The van der Waals surface area contributed by atoms with Crippen LogP contribution in [0.15, 0.2) is 24.3 Å². The average Bonchev–Trinajstić information content (AvgIpc) is 2.08. The Labute approximate surface area is 89.3 Å². The summed E-state index contributed by atoms with van der Waals surface area (Å²) in [6, 6.07) is 7.66. The van der Waals surface area contributed by atoms with Crippen molar-refractivity contribution in [2.24, 2.45) is 0 Å². The van der Waals surface area contributed by atoms with Crippen LogP contribution >= 0.6 is 11.6 Å². The predicted octanol–water partition coefficient (Wildman–Crippen LogP) is 2.41. The van der Waals surface area contributed by atoms with Gasteiger partial charge < -0.3 is 5.32 Å². The molecule has 0 aromatic heterocycles. The van der Waals surface area contributed by atoms with Crippen LogP contribution in [0, 0.1) is 0 Å². The first kappa shape index (κ1) is 11.1. The summed E-state index contributed by atoms with van der Waals surface area (Å²) in [5.74, 6) is 0. The standard InChI is InChI=1S/C11H14ClNO/c1-11(2,13-8-14)7-9-5-3-4-6-10(9)12/h3-6,8H,7H2,1-2H3,(H,13,14). The first-order valence-electron chi connectivity index (χ1n) is 4.50. The molecule has 0 spiro atoms. The van der Waals surface area contributed by atoms with E-state index < -0.39 is 0 Å². The van der Waals surface area contributed by atoms with Crippen LogP contribution in [-0.2, 0) is 11.2 Å². The van der Waals surface area contributed by atoms with Crippen molar-refractivity contribution in [3.63, 3.8) is 0 Å². The Hall–Kier alpha value is -1.02. The van der Waals surface area contributed by atoms with E-state index in [4.69, 9.17) is 11.6 Å². The molecule has 1 aromatic carbocycles. The molecule has 0 fully saturated rings. The number of benzene rings is 1.